The molecule has 0 aliphatic heterocycles. The second-order valence-electron chi connectivity index (χ2n) is 7.68. The van der Waals surface area contributed by atoms with Gasteiger partial charge in [-0.2, -0.15) is 13.2 Å². The molecule has 0 bridgehead atoms. The molecule has 0 aromatic heterocycles. The first kappa shape index (κ1) is 22.9. The molecule has 1 aliphatic rings. The van der Waals surface area contributed by atoms with Crippen LogP contribution in [-0.2, 0) is 17.5 Å². The predicted octanol–water partition coefficient (Wildman–Crippen LogP) is 3.75. The van der Waals surface area contributed by atoms with E-state index in [9.17, 15) is 23.1 Å². The van der Waals surface area contributed by atoms with Crippen LogP contribution in [0, 0.1) is 0 Å². The third-order valence-electron chi connectivity index (χ3n) is 5.40. The highest BCUT2D eigenvalue weighted by Gasteiger charge is 2.37. The molecular formula is C22H25F3N2O4. The zero-order valence-electron chi connectivity index (χ0n) is 17.0. The monoisotopic (exact) mass is 438 g/mol. The van der Waals surface area contributed by atoms with Crippen molar-refractivity contribution in [2.45, 2.75) is 50.0 Å². The van der Waals surface area contributed by atoms with Crippen molar-refractivity contribution >= 4 is 5.91 Å². The van der Waals surface area contributed by atoms with Crippen molar-refractivity contribution in [2.75, 3.05) is 7.11 Å². The van der Waals surface area contributed by atoms with Gasteiger partial charge in [-0.05, 0) is 61.6 Å². The number of halogens is 3. The lowest BCUT2D eigenvalue weighted by molar-refractivity contribution is -0.138. The summed E-state index contributed by atoms with van der Waals surface area (Å²) in [5.41, 5.74) is 4.98. The summed E-state index contributed by atoms with van der Waals surface area (Å²) in [7, 11) is 1.29. The molecule has 4 N–H and O–H groups in total. The molecule has 1 aliphatic carbocycles. The summed E-state index contributed by atoms with van der Waals surface area (Å²) >= 11 is 0. The Kier molecular flexibility index (Phi) is 6.76. The Balaban J connectivity index is 1.63. The molecule has 168 valence electrons. The predicted molar refractivity (Wildman–Crippen MR) is 108 cm³/mol. The average Bonchev–Trinajstić information content (AvgIpc) is 2.74. The van der Waals surface area contributed by atoms with Gasteiger partial charge in [0.2, 0.25) is 5.91 Å². The van der Waals surface area contributed by atoms with Gasteiger partial charge in [-0.15, -0.1) is 0 Å². The van der Waals surface area contributed by atoms with Crippen LogP contribution in [0.4, 0.5) is 13.2 Å². The van der Waals surface area contributed by atoms with E-state index in [4.69, 9.17) is 15.2 Å². The van der Waals surface area contributed by atoms with Crippen LogP contribution in [0.15, 0.2) is 42.5 Å². The number of hydrogen-bond donors (Lipinski definition) is 3. The lowest BCUT2D eigenvalue weighted by atomic mass is 9.80. The molecule has 0 spiro atoms. The summed E-state index contributed by atoms with van der Waals surface area (Å²) in [5, 5.41) is 12.4. The van der Waals surface area contributed by atoms with Gasteiger partial charge in [0.15, 0.2) is 0 Å². The van der Waals surface area contributed by atoms with Crippen molar-refractivity contribution in [2.24, 2.45) is 5.73 Å². The zero-order chi connectivity index (χ0) is 22.6. The molecular weight excluding hydrogens is 413 g/mol. The maximum Gasteiger partial charge on any atom is 0.420 e. The van der Waals surface area contributed by atoms with Crippen LogP contribution in [0.1, 0.15) is 36.8 Å². The van der Waals surface area contributed by atoms with E-state index in [1.807, 2.05) is 0 Å². The summed E-state index contributed by atoms with van der Waals surface area (Å²) in [6, 6.07) is 9.84. The maximum absolute atomic E-state index is 13.3. The van der Waals surface area contributed by atoms with Gasteiger partial charge in [0.25, 0.3) is 0 Å². The van der Waals surface area contributed by atoms with Crippen LogP contribution in [0.2, 0.25) is 0 Å². The van der Waals surface area contributed by atoms with E-state index in [0.29, 0.717) is 25.7 Å². The molecule has 9 heteroatoms. The minimum absolute atomic E-state index is 0.0796. The number of aliphatic hydroxyl groups is 1. The second kappa shape index (κ2) is 9.15. The molecule has 0 unspecified atom stereocenters. The molecule has 0 atom stereocenters. The van der Waals surface area contributed by atoms with Gasteiger partial charge in [0.05, 0.1) is 18.8 Å². The Morgan fingerprint density at radius 2 is 1.77 bits per heavy atom. The van der Waals surface area contributed by atoms with E-state index in [0.717, 1.165) is 11.6 Å². The number of carbonyl (C=O) groups is 1. The maximum atomic E-state index is 13.3. The van der Waals surface area contributed by atoms with Crippen molar-refractivity contribution in [1.29, 1.82) is 0 Å². The SMILES string of the molecule is COc1ccc(Oc2ccc(CNC(=O)C3(N)CCC(O)CC3)cc2)c(C(F)(F)F)c1. The van der Waals surface area contributed by atoms with Crippen LogP contribution in [-0.4, -0.2) is 29.8 Å². The van der Waals surface area contributed by atoms with E-state index in [1.54, 1.807) is 12.1 Å². The van der Waals surface area contributed by atoms with Crippen molar-refractivity contribution in [3.63, 3.8) is 0 Å². The summed E-state index contributed by atoms with van der Waals surface area (Å²) in [6.45, 7) is 0.219. The average molecular weight is 438 g/mol. The third-order valence-corrected chi connectivity index (χ3v) is 5.40. The van der Waals surface area contributed by atoms with Crippen molar-refractivity contribution < 1.29 is 32.5 Å². The van der Waals surface area contributed by atoms with Crippen LogP contribution >= 0.6 is 0 Å². The molecule has 0 radical (unpaired) electrons. The summed E-state index contributed by atoms with van der Waals surface area (Å²) in [6.07, 6.45) is -3.21. The van der Waals surface area contributed by atoms with Gasteiger partial charge < -0.3 is 25.6 Å². The van der Waals surface area contributed by atoms with Crippen molar-refractivity contribution in [1.82, 2.24) is 5.32 Å². The van der Waals surface area contributed by atoms with Crippen molar-refractivity contribution in [3.8, 4) is 17.2 Å². The van der Waals surface area contributed by atoms with Gasteiger partial charge in [0, 0.05) is 6.54 Å². The number of hydrogen-bond acceptors (Lipinski definition) is 5. The lowest BCUT2D eigenvalue weighted by Crippen LogP contribution is -2.56. The van der Waals surface area contributed by atoms with Crippen LogP contribution in [0.3, 0.4) is 0 Å². The molecule has 1 fully saturated rings. The second-order valence-corrected chi connectivity index (χ2v) is 7.68. The highest BCUT2D eigenvalue weighted by atomic mass is 19.4. The van der Waals surface area contributed by atoms with Gasteiger partial charge in [-0.3, -0.25) is 4.79 Å². The highest BCUT2D eigenvalue weighted by Crippen LogP contribution is 2.40. The number of rotatable bonds is 6. The van der Waals surface area contributed by atoms with E-state index in [1.165, 1.54) is 31.4 Å². The molecule has 31 heavy (non-hydrogen) atoms. The van der Waals surface area contributed by atoms with Gasteiger partial charge in [0.1, 0.15) is 22.8 Å². The largest absolute Gasteiger partial charge is 0.497 e. The fourth-order valence-corrected chi connectivity index (χ4v) is 3.45. The van der Waals surface area contributed by atoms with Gasteiger partial charge in [-0.25, -0.2) is 0 Å². The number of nitrogens with two attached hydrogens (primary N) is 1. The van der Waals surface area contributed by atoms with E-state index in [2.05, 4.69) is 5.32 Å². The summed E-state index contributed by atoms with van der Waals surface area (Å²) in [4.78, 5) is 12.4. The molecule has 2 aromatic rings. The number of ether oxygens (including phenoxy) is 2. The van der Waals surface area contributed by atoms with E-state index >= 15 is 0 Å². The lowest BCUT2D eigenvalue weighted by Gasteiger charge is -2.34. The summed E-state index contributed by atoms with van der Waals surface area (Å²) in [5.74, 6) is -0.315. The quantitative estimate of drug-likeness (QED) is 0.639. The number of aliphatic hydroxyl groups excluding tert-OH is 1. The third kappa shape index (κ3) is 5.68. The highest BCUT2D eigenvalue weighted by molar-refractivity contribution is 5.86. The van der Waals surface area contributed by atoms with E-state index < -0.39 is 23.4 Å². The fourth-order valence-electron chi connectivity index (χ4n) is 3.45. The Labute approximate surface area is 178 Å². The molecule has 3 rings (SSSR count). The van der Waals surface area contributed by atoms with Gasteiger partial charge in [-0.1, -0.05) is 12.1 Å². The zero-order valence-corrected chi connectivity index (χ0v) is 17.0. The van der Waals surface area contributed by atoms with Crippen molar-refractivity contribution in [3.05, 3.63) is 53.6 Å². The molecule has 1 amide bonds. The Morgan fingerprint density at radius 3 is 2.35 bits per heavy atom. The first-order chi connectivity index (χ1) is 14.6. The molecule has 1 saturated carbocycles. The fraction of sp³-hybridized carbons (Fsp3) is 0.409. The smallest absolute Gasteiger partial charge is 0.420 e. The Hall–Kier alpha value is -2.78. The van der Waals surface area contributed by atoms with Crippen LogP contribution in [0.25, 0.3) is 0 Å². The minimum atomic E-state index is -4.60. The number of benzene rings is 2. The van der Waals surface area contributed by atoms with Gasteiger partial charge >= 0.3 is 6.18 Å². The van der Waals surface area contributed by atoms with E-state index in [-0.39, 0.29) is 29.7 Å². The normalized spacial score (nSPS) is 21.4. The van der Waals surface area contributed by atoms with Crippen LogP contribution < -0.4 is 20.5 Å². The topological polar surface area (TPSA) is 93.8 Å². The molecule has 0 saturated heterocycles. The van der Waals surface area contributed by atoms with Crippen LogP contribution in [0.5, 0.6) is 17.2 Å². The number of amides is 1. The number of carbonyl (C=O) groups excluding carboxylic acids is 1. The standard InChI is InChI=1S/C22H25F3N2O4/c1-30-17-6-7-19(18(12-17)22(23,24)25)31-16-4-2-14(3-5-16)13-27-20(29)21(26)10-8-15(28)9-11-21/h2-7,12,15,28H,8-11,13,26H2,1H3,(H,27,29). The minimum Gasteiger partial charge on any atom is -0.497 e. The molecule has 2 aromatic carbocycles. The molecule has 0 heterocycles. The Morgan fingerprint density at radius 1 is 1.16 bits per heavy atom. The number of nitrogens with one attached hydrogen (secondary N) is 1. The number of alkyl halides is 3. The first-order valence-electron chi connectivity index (χ1n) is 9.88. The first-order valence-corrected chi connectivity index (χ1v) is 9.88. The Bertz CT molecular complexity index is 908. The summed E-state index contributed by atoms with van der Waals surface area (Å²) < 4.78 is 50.2. The molecule has 6 nitrogen and oxygen atoms in total. The number of methoxy groups -OCH3 is 1.